The molecule has 2 rings (SSSR count). The van der Waals surface area contributed by atoms with E-state index < -0.39 is 5.97 Å². The molecule has 1 unspecified atom stereocenters. The van der Waals surface area contributed by atoms with Gasteiger partial charge in [0.25, 0.3) is 0 Å². The number of thioether (sulfide) groups is 1. The van der Waals surface area contributed by atoms with Gasteiger partial charge in [0.2, 0.25) is 11.8 Å². The van der Waals surface area contributed by atoms with Gasteiger partial charge in [-0.3, -0.25) is 14.4 Å². The van der Waals surface area contributed by atoms with Crippen LogP contribution in [0.5, 0.6) is 0 Å². The maximum absolute atomic E-state index is 12.0. The van der Waals surface area contributed by atoms with Gasteiger partial charge < -0.3 is 15.3 Å². The Kier molecular flexibility index (Phi) is 5.90. The highest BCUT2D eigenvalue weighted by Gasteiger charge is 2.38. The summed E-state index contributed by atoms with van der Waals surface area (Å²) in [7, 11) is 0. The van der Waals surface area contributed by atoms with Gasteiger partial charge in [-0.25, -0.2) is 0 Å². The van der Waals surface area contributed by atoms with E-state index >= 15 is 0 Å². The van der Waals surface area contributed by atoms with E-state index in [9.17, 15) is 14.4 Å². The lowest BCUT2D eigenvalue weighted by atomic mass is 10.1. The van der Waals surface area contributed by atoms with Crippen molar-refractivity contribution in [3.05, 3.63) is 0 Å². The van der Waals surface area contributed by atoms with E-state index in [0.717, 1.165) is 12.8 Å². The molecule has 0 spiro atoms. The Labute approximate surface area is 128 Å². The first-order chi connectivity index (χ1) is 10.1. The minimum Gasteiger partial charge on any atom is -0.481 e. The van der Waals surface area contributed by atoms with E-state index in [1.807, 2.05) is 4.90 Å². The van der Waals surface area contributed by atoms with E-state index in [2.05, 4.69) is 5.32 Å². The normalized spacial score (nSPS) is 22.8. The molecule has 0 aromatic rings. The molecule has 6 nitrogen and oxygen atoms in total. The largest absolute Gasteiger partial charge is 0.481 e. The Morgan fingerprint density at radius 1 is 1.33 bits per heavy atom. The van der Waals surface area contributed by atoms with Crippen molar-refractivity contribution < 1.29 is 19.5 Å². The molecule has 1 atom stereocenters. The molecular formula is C14H22N2O4S. The molecule has 2 aliphatic rings. The summed E-state index contributed by atoms with van der Waals surface area (Å²) in [5.74, 6) is -0.456. The molecule has 21 heavy (non-hydrogen) atoms. The van der Waals surface area contributed by atoms with Crippen molar-refractivity contribution in [2.75, 3.05) is 24.6 Å². The third-order valence-electron chi connectivity index (χ3n) is 4.07. The quantitative estimate of drug-likeness (QED) is 0.676. The summed E-state index contributed by atoms with van der Waals surface area (Å²) in [5.41, 5.74) is 0. The molecule has 7 heteroatoms. The second kappa shape index (κ2) is 7.68. The summed E-state index contributed by atoms with van der Waals surface area (Å²) < 4.78 is 0. The van der Waals surface area contributed by atoms with Gasteiger partial charge in [-0.05, 0) is 12.8 Å². The lowest BCUT2D eigenvalue weighted by molar-refractivity contribution is -0.134. The number of nitrogens with one attached hydrogen (secondary N) is 1. The molecule has 1 saturated heterocycles. The third-order valence-corrected chi connectivity index (χ3v) is 5.01. The number of nitrogens with zero attached hydrogens (tertiary/aromatic N) is 1. The van der Waals surface area contributed by atoms with Crippen LogP contribution in [0.4, 0.5) is 0 Å². The Morgan fingerprint density at radius 3 is 2.71 bits per heavy atom. The molecular weight excluding hydrogens is 292 g/mol. The van der Waals surface area contributed by atoms with Gasteiger partial charge in [0.15, 0.2) is 0 Å². The van der Waals surface area contributed by atoms with Crippen molar-refractivity contribution in [3.63, 3.8) is 0 Å². The predicted octanol–water partition coefficient (Wildman–Crippen LogP) is 0.712. The average Bonchev–Trinajstić information content (AvgIpc) is 3.06. The highest BCUT2D eigenvalue weighted by atomic mass is 32.2. The van der Waals surface area contributed by atoms with Gasteiger partial charge >= 0.3 is 5.97 Å². The summed E-state index contributed by atoms with van der Waals surface area (Å²) in [4.78, 5) is 36.3. The number of carbonyl (C=O) groups excluding carboxylic acids is 2. The maximum atomic E-state index is 12.0. The third kappa shape index (κ3) is 4.62. The second-order valence-electron chi connectivity index (χ2n) is 5.62. The highest BCUT2D eigenvalue weighted by Crippen LogP contribution is 2.29. The number of carboxylic acid groups (broad SMARTS) is 1. The molecule has 2 fully saturated rings. The number of carboxylic acids is 1. The molecule has 0 radical (unpaired) electrons. The molecule has 1 aliphatic heterocycles. The predicted molar refractivity (Wildman–Crippen MR) is 80.0 cm³/mol. The molecule has 0 aromatic carbocycles. The summed E-state index contributed by atoms with van der Waals surface area (Å²) in [6, 6.07) is 0.335. The standard InChI is InChI=1S/C14H22N2O4S/c17-12-7-10(8-16(12)11-3-1-2-4-11)14(20)15-5-6-21-9-13(18)19/h10-11H,1-9H2,(H,15,20)(H,18,19). The van der Waals surface area contributed by atoms with Crippen molar-refractivity contribution in [2.24, 2.45) is 5.92 Å². The van der Waals surface area contributed by atoms with Gasteiger partial charge in [0.1, 0.15) is 0 Å². The van der Waals surface area contributed by atoms with Crippen molar-refractivity contribution in [1.82, 2.24) is 10.2 Å². The number of hydrogen-bond donors (Lipinski definition) is 2. The average molecular weight is 314 g/mol. The molecule has 1 heterocycles. The van der Waals surface area contributed by atoms with Crippen LogP contribution >= 0.6 is 11.8 Å². The topological polar surface area (TPSA) is 86.7 Å². The van der Waals surface area contributed by atoms with Crippen LogP contribution in [0.3, 0.4) is 0 Å². The molecule has 0 aromatic heterocycles. The minimum absolute atomic E-state index is 0.0489. The SMILES string of the molecule is O=C(O)CSCCNC(=O)C1CC(=O)N(C2CCCC2)C1. The summed E-state index contributed by atoms with van der Waals surface area (Å²) in [6.45, 7) is 0.989. The van der Waals surface area contributed by atoms with E-state index in [0.29, 0.717) is 31.3 Å². The Balaban J connectivity index is 1.68. The number of hydrogen-bond acceptors (Lipinski definition) is 4. The van der Waals surface area contributed by atoms with Gasteiger partial charge in [-0.1, -0.05) is 12.8 Å². The first kappa shape index (κ1) is 16.1. The molecule has 2 N–H and O–H groups in total. The van der Waals surface area contributed by atoms with Crippen molar-refractivity contribution in [2.45, 2.75) is 38.1 Å². The van der Waals surface area contributed by atoms with Crippen LogP contribution in [0, 0.1) is 5.92 Å². The van der Waals surface area contributed by atoms with E-state index in [-0.39, 0.29) is 23.5 Å². The van der Waals surface area contributed by atoms with E-state index in [1.54, 1.807) is 0 Å². The van der Waals surface area contributed by atoms with Crippen molar-refractivity contribution in [1.29, 1.82) is 0 Å². The molecule has 2 amide bonds. The van der Waals surface area contributed by atoms with Gasteiger partial charge in [-0.2, -0.15) is 0 Å². The van der Waals surface area contributed by atoms with Crippen LogP contribution in [0.15, 0.2) is 0 Å². The number of aliphatic carboxylic acids is 1. The van der Waals surface area contributed by atoms with Crippen LogP contribution in [-0.4, -0.2) is 58.4 Å². The summed E-state index contributed by atoms with van der Waals surface area (Å²) >= 11 is 1.28. The fourth-order valence-electron chi connectivity index (χ4n) is 3.03. The number of rotatable bonds is 7. The Bertz CT molecular complexity index is 410. The van der Waals surface area contributed by atoms with Crippen LogP contribution in [0.2, 0.25) is 0 Å². The van der Waals surface area contributed by atoms with Crippen LogP contribution in [0.25, 0.3) is 0 Å². The van der Waals surface area contributed by atoms with Crippen LogP contribution in [-0.2, 0) is 14.4 Å². The first-order valence-corrected chi connectivity index (χ1v) is 8.60. The van der Waals surface area contributed by atoms with Crippen molar-refractivity contribution in [3.8, 4) is 0 Å². The van der Waals surface area contributed by atoms with Gasteiger partial charge in [-0.15, -0.1) is 11.8 Å². The lowest BCUT2D eigenvalue weighted by Gasteiger charge is -2.23. The number of amides is 2. The smallest absolute Gasteiger partial charge is 0.313 e. The maximum Gasteiger partial charge on any atom is 0.313 e. The molecule has 0 bridgehead atoms. The van der Waals surface area contributed by atoms with E-state index in [4.69, 9.17) is 5.11 Å². The number of likely N-dealkylation sites (tertiary alicyclic amines) is 1. The van der Waals surface area contributed by atoms with Crippen molar-refractivity contribution >= 4 is 29.5 Å². The van der Waals surface area contributed by atoms with Gasteiger partial charge in [0.05, 0.1) is 11.7 Å². The molecule has 1 saturated carbocycles. The zero-order valence-corrected chi connectivity index (χ0v) is 12.9. The summed E-state index contributed by atoms with van der Waals surface area (Å²) in [6.07, 6.45) is 4.78. The Hall–Kier alpha value is -1.24. The lowest BCUT2D eigenvalue weighted by Crippen LogP contribution is -2.37. The second-order valence-corrected chi connectivity index (χ2v) is 6.73. The number of carbonyl (C=O) groups is 3. The minimum atomic E-state index is -0.847. The first-order valence-electron chi connectivity index (χ1n) is 7.44. The fraction of sp³-hybridized carbons (Fsp3) is 0.786. The Morgan fingerprint density at radius 2 is 2.05 bits per heavy atom. The highest BCUT2D eigenvalue weighted by molar-refractivity contribution is 7.99. The van der Waals surface area contributed by atoms with Gasteiger partial charge in [0, 0.05) is 31.3 Å². The monoisotopic (exact) mass is 314 g/mol. The zero-order chi connectivity index (χ0) is 15.2. The zero-order valence-electron chi connectivity index (χ0n) is 12.0. The molecule has 118 valence electrons. The van der Waals surface area contributed by atoms with E-state index in [1.165, 1.54) is 24.6 Å². The molecule has 1 aliphatic carbocycles. The van der Waals surface area contributed by atoms with Crippen LogP contribution < -0.4 is 5.32 Å². The fourth-order valence-corrected chi connectivity index (χ4v) is 3.59. The van der Waals surface area contributed by atoms with Crippen LogP contribution in [0.1, 0.15) is 32.1 Å². The summed E-state index contributed by atoms with van der Waals surface area (Å²) in [5, 5.41) is 11.3.